The van der Waals surface area contributed by atoms with Crippen LogP contribution in [0.4, 0.5) is 0 Å². The third-order valence-electron chi connectivity index (χ3n) is 4.68. The Labute approximate surface area is 158 Å². The highest BCUT2D eigenvalue weighted by Crippen LogP contribution is 2.38. The Morgan fingerprint density at radius 2 is 1.93 bits per heavy atom. The Bertz CT molecular complexity index is 860. The molecule has 6 nitrogen and oxygen atoms in total. The minimum absolute atomic E-state index is 0.0547. The van der Waals surface area contributed by atoms with E-state index >= 15 is 0 Å². The summed E-state index contributed by atoms with van der Waals surface area (Å²) in [7, 11) is 1.53. The van der Waals surface area contributed by atoms with E-state index in [0.29, 0.717) is 11.3 Å². The van der Waals surface area contributed by atoms with Crippen molar-refractivity contribution in [1.29, 1.82) is 0 Å². The normalized spacial score (nSPS) is 18.9. The minimum Gasteiger partial charge on any atom is -0.507 e. The average Bonchev–Trinajstić information content (AvgIpc) is 2.97. The summed E-state index contributed by atoms with van der Waals surface area (Å²) < 4.78 is 5.07. The van der Waals surface area contributed by atoms with E-state index < -0.39 is 17.7 Å². The van der Waals surface area contributed by atoms with Crippen LogP contribution in [0.3, 0.4) is 0 Å². The molecule has 2 heterocycles. The van der Waals surface area contributed by atoms with Gasteiger partial charge in [0.1, 0.15) is 11.8 Å². The monoisotopic (exact) mass is 366 g/mol. The second kappa shape index (κ2) is 8.14. The number of ketones is 1. The molecule has 2 aromatic rings. The summed E-state index contributed by atoms with van der Waals surface area (Å²) in [6, 6.07) is 11.8. The van der Waals surface area contributed by atoms with Crippen LogP contribution < -0.4 is 0 Å². The van der Waals surface area contributed by atoms with Crippen LogP contribution in [0.5, 0.6) is 0 Å². The number of aliphatic hydroxyl groups is 1. The largest absolute Gasteiger partial charge is 0.507 e. The summed E-state index contributed by atoms with van der Waals surface area (Å²) in [5.41, 5.74) is 2.20. The number of Topliss-reactive ketones (excluding diaryl/α,β-unsaturated/α-hetero) is 1. The molecular weight excluding hydrogens is 344 g/mol. The number of nitrogens with zero attached hydrogens (tertiary/aromatic N) is 2. The Hall–Kier alpha value is -2.99. The summed E-state index contributed by atoms with van der Waals surface area (Å²) >= 11 is 0. The van der Waals surface area contributed by atoms with Crippen molar-refractivity contribution in [2.45, 2.75) is 19.4 Å². The van der Waals surface area contributed by atoms with Gasteiger partial charge >= 0.3 is 0 Å². The number of hydrogen-bond acceptors (Lipinski definition) is 5. The van der Waals surface area contributed by atoms with Crippen LogP contribution in [0.25, 0.3) is 5.76 Å². The van der Waals surface area contributed by atoms with E-state index in [9.17, 15) is 14.7 Å². The van der Waals surface area contributed by atoms with Crippen LogP contribution in [-0.4, -0.2) is 46.9 Å². The molecule has 1 aromatic heterocycles. The molecule has 1 N–H and O–H groups in total. The average molecular weight is 366 g/mol. The molecule has 0 radical (unpaired) electrons. The van der Waals surface area contributed by atoms with Crippen molar-refractivity contribution in [3.63, 3.8) is 0 Å². The van der Waals surface area contributed by atoms with Gasteiger partial charge in [-0.15, -0.1) is 0 Å². The first kappa shape index (κ1) is 18.8. The fourth-order valence-electron chi connectivity index (χ4n) is 3.20. The number of methoxy groups -OCH3 is 1. The van der Waals surface area contributed by atoms with Crippen molar-refractivity contribution in [3.05, 3.63) is 71.1 Å². The van der Waals surface area contributed by atoms with Crippen molar-refractivity contribution in [3.8, 4) is 0 Å². The lowest BCUT2D eigenvalue weighted by Crippen LogP contribution is -2.33. The number of likely N-dealkylation sites (tertiary alicyclic amines) is 1. The zero-order valence-corrected chi connectivity index (χ0v) is 15.4. The second-order valence-corrected chi connectivity index (χ2v) is 6.29. The van der Waals surface area contributed by atoms with E-state index in [1.165, 1.54) is 12.0 Å². The maximum absolute atomic E-state index is 12.7. The van der Waals surface area contributed by atoms with Crippen LogP contribution in [0.1, 0.15) is 29.8 Å². The van der Waals surface area contributed by atoms with Gasteiger partial charge < -0.3 is 14.7 Å². The molecule has 27 heavy (non-hydrogen) atoms. The number of amides is 1. The van der Waals surface area contributed by atoms with Gasteiger partial charge in [-0.25, -0.2) is 0 Å². The lowest BCUT2D eigenvalue weighted by atomic mass is 9.97. The van der Waals surface area contributed by atoms with Gasteiger partial charge in [0.15, 0.2) is 0 Å². The molecule has 1 aliphatic heterocycles. The first-order valence-corrected chi connectivity index (χ1v) is 8.86. The fraction of sp³-hybridized carbons (Fsp3) is 0.286. The molecule has 0 aliphatic carbocycles. The number of pyridine rings is 1. The van der Waals surface area contributed by atoms with E-state index in [1.54, 1.807) is 36.5 Å². The van der Waals surface area contributed by atoms with Gasteiger partial charge in [-0.1, -0.05) is 37.3 Å². The number of carbonyl (C=O) groups is 2. The standard InChI is InChI=1S/C21H22N2O4/c1-3-14-7-9-15(10-8-14)19(24)17-18(16-6-4-5-11-22-16)23(12-13-27-2)21(26)20(17)25/h4-11,18,24H,3,12-13H2,1-2H3/b19-17-. The number of rotatable bonds is 6. The van der Waals surface area contributed by atoms with Crippen LogP contribution in [-0.2, 0) is 20.7 Å². The Morgan fingerprint density at radius 1 is 1.19 bits per heavy atom. The van der Waals surface area contributed by atoms with Gasteiger partial charge in [0.25, 0.3) is 11.7 Å². The van der Waals surface area contributed by atoms with Crippen LogP contribution in [0, 0.1) is 0 Å². The molecule has 1 atom stereocenters. The van der Waals surface area contributed by atoms with Gasteiger partial charge in [0.2, 0.25) is 0 Å². The number of aromatic nitrogens is 1. The number of benzene rings is 1. The molecule has 6 heteroatoms. The highest BCUT2D eigenvalue weighted by molar-refractivity contribution is 6.46. The highest BCUT2D eigenvalue weighted by Gasteiger charge is 2.46. The van der Waals surface area contributed by atoms with E-state index in [0.717, 1.165) is 12.0 Å². The molecule has 0 spiro atoms. The SMILES string of the molecule is CCc1ccc(/C(O)=C2/C(=O)C(=O)N(CCOC)C2c2ccccn2)cc1. The zero-order chi connectivity index (χ0) is 19.4. The molecule has 1 aromatic carbocycles. The highest BCUT2D eigenvalue weighted by atomic mass is 16.5. The third kappa shape index (κ3) is 3.61. The maximum atomic E-state index is 12.7. The Balaban J connectivity index is 2.11. The van der Waals surface area contributed by atoms with Crippen molar-refractivity contribution in [1.82, 2.24) is 9.88 Å². The van der Waals surface area contributed by atoms with Crippen molar-refractivity contribution in [2.75, 3.05) is 20.3 Å². The maximum Gasteiger partial charge on any atom is 0.295 e. The van der Waals surface area contributed by atoms with Crippen LogP contribution in [0.2, 0.25) is 0 Å². The van der Waals surface area contributed by atoms with E-state index in [2.05, 4.69) is 4.98 Å². The zero-order valence-electron chi connectivity index (χ0n) is 15.4. The summed E-state index contributed by atoms with van der Waals surface area (Å²) in [5.74, 6) is -1.56. The molecule has 0 bridgehead atoms. The molecule has 0 saturated carbocycles. The summed E-state index contributed by atoms with van der Waals surface area (Å²) in [6.07, 6.45) is 2.47. The molecule has 1 saturated heterocycles. The second-order valence-electron chi connectivity index (χ2n) is 6.29. The number of aryl methyl sites for hydroxylation is 1. The van der Waals surface area contributed by atoms with Crippen molar-refractivity contribution in [2.24, 2.45) is 0 Å². The lowest BCUT2D eigenvalue weighted by molar-refractivity contribution is -0.140. The predicted molar refractivity (Wildman–Crippen MR) is 101 cm³/mol. The molecule has 1 aliphatic rings. The molecule has 1 fully saturated rings. The van der Waals surface area contributed by atoms with E-state index in [-0.39, 0.29) is 24.5 Å². The molecular formula is C21H22N2O4. The van der Waals surface area contributed by atoms with Gasteiger partial charge in [0, 0.05) is 25.4 Å². The topological polar surface area (TPSA) is 79.7 Å². The number of aliphatic hydroxyl groups excluding tert-OH is 1. The van der Waals surface area contributed by atoms with E-state index in [4.69, 9.17) is 4.74 Å². The van der Waals surface area contributed by atoms with Gasteiger partial charge in [-0.2, -0.15) is 0 Å². The number of hydrogen-bond donors (Lipinski definition) is 1. The molecule has 140 valence electrons. The van der Waals surface area contributed by atoms with Crippen LogP contribution in [0.15, 0.2) is 54.2 Å². The van der Waals surface area contributed by atoms with Crippen molar-refractivity contribution >= 4 is 17.4 Å². The summed E-state index contributed by atoms with van der Waals surface area (Å²) in [4.78, 5) is 31.0. The summed E-state index contributed by atoms with van der Waals surface area (Å²) in [5, 5.41) is 10.9. The minimum atomic E-state index is -0.743. The number of ether oxygens (including phenoxy) is 1. The quantitative estimate of drug-likeness (QED) is 0.483. The smallest absolute Gasteiger partial charge is 0.295 e. The molecule has 1 amide bonds. The van der Waals surface area contributed by atoms with Crippen molar-refractivity contribution < 1.29 is 19.4 Å². The van der Waals surface area contributed by atoms with Gasteiger partial charge in [0.05, 0.1) is 17.9 Å². The summed E-state index contributed by atoms with van der Waals surface area (Å²) in [6.45, 7) is 2.55. The molecule has 1 unspecified atom stereocenters. The Kier molecular flexibility index (Phi) is 5.66. The van der Waals surface area contributed by atoms with Gasteiger partial charge in [-0.05, 0) is 24.1 Å². The van der Waals surface area contributed by atoms with Crippen LogP contribution >= 0.6 is 0 Å². The lowest BCUT2D eigenvalue weighted by Gasteiger charge is -2.24. The first-order chi connectivity index (χ1) is 13.1. The third-order valence-corrected chi connectivity index (χ3v) is 4.68. The van der Waals surface area contributed by atoms with Gasteiger partial charge in [-0.3, -0.25) is 14.6 Å². The molecule has 3 rings (SSSR count). The Morgan fingerprint density at radius 3 is 2.52 bits per heavy atom. The fourth-order valence-corrected chi connectivity index (χ4v) is 3.20. The van der Waals surface area contributed by atoms with E-state index in [1.807, 2.05) is 19.1 Å². The first-order valence-electron chi connectivity index (χ1n) is 8.86. The predicted octanol–water partition coefficient (Wildman–Crippen LogP) is 2.71. The number of carbonyl (C=O) groups excluding carboxylic acids is 2.